The van der Waals surface area contributed by atoms with Crippen molar-refractivity contribution in [2.75, 3.05) is 39.4 Å². The van der Waals surface area contributed by atoms with Gasteiger partial charge in [-0.3, -0.25) is 4.90 Å². The van der Waals surface area contributed by atoms with E-state index in [1.807, 2.05) is 0 Å². The number of fused-ring (bicyclic) bond motifs is 1. The van der Waals surface area contributed by atoms with E-state index in [2.05, 4.69) is 30.9 Å². The van der Waals surface area contributed by atoms with Crippen molar-refractivity contribution in [3.8, 4) is 0 Å². The first-order valence-electron chi connectivity index (χ1n) is 4.09. The highest BCUT2D eigenvalue weighted by Gasteiger charge is 2.28. The molecule has 0 N–H and O–H groups in total. The lowest BCUT2D eigenvalue weighted by atomic mass is 10.2. The summed E-state index contributed by atoms with van der Waals surface area (Å²) in [7, 11) is 0. The summed E-state index contributed by atoms with van der Waals surface area (Å²) in [6, 6.07) is 0.661. The van der Waals surface area contributed by atoms with Crippen molar-refractivity contribution in [2.24, 2.45) is 0 Å². The topological polar surface area (TPSA) is 15.7 Å². The van der Waals surface area contributed by atoms with E-state index >= 15 is 0 Å². The van der Waals surface area contributed by atoms with Crippen LogP contribution in [0.3, 0.4) is 0 Å². The van der Waals surface area contributed by atoms with Crippen molar-refractivity contribution in [3.05, 3.63) is 0 Å². The molecule has 0 radical (unpaired) electrons. The number of piperazine rings is 1. The second-order valence-electron chi connectivity index (χ2n) is 3.13. The zero-order valence-corrected chi connectivity index (χ0v) is 8.66. The van der Waals surface area contributed by atoms with Crippen molar-refractivity contribution in [1.82, 2.24) is 8.01 Å². The van der Waals surface area contributed by atoms with Gasteiger partial charge in [-0.25, -0.2) is 3.11 Å². The van der Waals surface area contributed by atoms with Crippen molar-refractivity contribution in [1.29, 1.82) is 0 Å². The normalized spacial score (nSPS) is 35.2. The maximum Gasteiger partial charge on any atom is 0.0635 e. The molecule has 2 heterocycles. The number of halogens is 1. The first-order valence-corrected chi connectivity index (χ1v) is 5.05. The lowest BCUT2D eigenvalue weighted by molar-refractivity contribution is -0.0266. The number of hydrogen-bond donors (Lipinski definition) is 0. The fourth-order valence-corrected chi connectivity index (χ4v) is 2.38. The Balaban J connectivity index is 1.93. The van der Waals surface area contributed by atoms with Crippen LogP contribution in [0, 0.1) is 0 Å². The molecule has 0 aromatic carbocycles. The average molecular weight is 268 g/mol. The van der Waals surface area contributed by atoms with Gasteiger partial charge >= 0.3 is 0 Å². The van der Waals surface area contributed by atoms with Gasteiger partial charge in [0.1, 0.15) is 0 Å². The molecule has 0 amide bonds. The summed E-state index contributed by atoms with van der Waals surface area (Å²) in [5.74, 6) is 0. The Kier molecular flexibility index (Phi) is 2.65. The van der Waals surface area contributed by atoms with Crippen LogP contribution in [0.2, 0.25) is 0 Å². The Labute approximate surface area is 81.2 Å². The van der Waals surface area contributed by atoms with Gasteiger partial charge in [0, 0.05) is 55.1 Å². The fraction of sp³-hybridized carbons (Fsp3) is 1.00. The van der Waals surface area contributed by atoms with Crippen molar-refractivity contribution in [3.63, 3.8) is 0 Å². The third-order valence-corrected chi connectivity index (χ3v) is 3.26. The maximum absolute atomic E-state index is 5.42. The molecule has 3 nitrogen and oxygen atoms in total. The molecule has 0 saturated carbocycles. The van der Waals surface area contributed by atoms with E-state index in [0.717, 1.165) is 19.8 Å². The maximum atomic E-state index is 5.42. The SMILES string of the molecule is IN1CCN2CCOCC2C1. The van der Waals surface area contributed by atoms with Gasteiger partial charge in [0.15, 0.2) is 0 Å². The van der Waals surface area contributed by atoms with Crippen LogP contribution in [0.25, 0.3) is 0 Å². The van der Waals surface area contributed by atoms with Gasteiger partial charge in [0.2, 0.25) is 0 Å². The third kappa shape index (κ3) is 1.85. The number of ether oxygens (including phenoxy) is 1. The minimum atomic E-state index is 0.661. The van der Waals surface area contributed by atoms with E-state index < -0.39 is 0 Å². The highest BCUT2D eigenvalue weighted by atomic mass is 127. The van der Waals surface area contributed by atoms with Gasteiger partial charge in [-0.1, -0.05) is 0 Å². The third-order valence-electron chi connectivity index (χ3n) is 2.39. The lowest BCUT2D eigenvalue weighted by Crippen LogP contribution is -2.55. The van der Waals surface area contributed by atoms with E-state index in [1.54, 1.807) is 0 Å². The molecule has 2 fully saturated rings. The number of morpholine rings is 1. The minimum absolute atomic E-state index is 0.661. The Bertz CT molecular complexity index is 144. The molecule has 1 atom stereocenters. The van der Waals surface area contributed by atoms with E-state index in [4.69, 9.17) is 4.74 Å². The number of rotatable bonds is 0. The van der Waals surface area contributed by atoms with Crippen molar-refractivity contribution >= 4 is 22.9 Å². The molecule has 11 heavy (non-hydrogen) atoms. The Morgan fingerprint density at radius 3 is 3.09 bits per heavy atom. The smallest absolute Gasteiger partial charge is 0.0635 e. The van der Waals surface area contributed by atoms with Crippen LogP contribution in [-0.4, -0.2) is 53.4 Å². The molecule has 1 unspecified atom stereocenters. The standard InChI is InChI=1S/C7H13IN2O/c8-10-2-1-9-3-4-11-6-7(9)5-10/h7H,1-6H2. The van der Waals surface area contributed by atoms with Crippen LogP contribution in [0.4, 0.5) is 0 Å². The monoisotopic (exact) mass is 268 g/mol. The van der Waals surface area contributed by atoms with E-state index in [9.17, 15) is 0 Å². The molecule has 0 spiro atoms. The molecule has 0 aromatic rings. The zero-order chi connectivity index (χ0) is 7.68. The summed E-state index contributed by atoms with van der Waals surface area (Å²) in [5.41, 5.74) is 0. The highest BCUT2D eigenvalue weighted by Crippen LogP contribution is 2.15. The van der Waals surface area contributed by atoms with Gasteiger partial charge in [0.05, 0.1) is 13.2 Å². The Morgan fingerprint density at radius 1 is 1.27 bits per heavy atom. The first kappa shape index (κ1) is 8.22. The highest BCUT2D eigenvalue weighted by molar-refractivity contribution is 14.1. The van der Waals surface area contributed by atoms with Gasteiger partial charge in [-0.2, -0.15) is 0 Å². The van der Waals surface area contributed by atoms with E-state index in [-0.39, 0.29) is 0 Å². The number of hydrogen-bond acceptors (Lipinski definition) is 3. The summed E-state index contributed by atoms with van der Waals surface area (Å²) in [6.07, 6.45) is 0. The predicted octanol–water partition coefficient (Wildman–Crippen LogP) is 0.353. The second kappa shape index (κ2) is 3.55. The van der Waals surface area contributed by atoms with Gasteiger partial charge < -0.3 is 4.74 Å². The van der Waals surface area contributed by atoms with Crippen LogP contribution in [-0.2, 0) is 4.74 Å². The van der Waals surface area contributed by atoms with Gasteiger partial charge in [-0.15, -0.1) is 0 Å². The van der Waals surface area contributed by atoms with E-state index in [1.165, 1.54) is 19.6 Å². The molecule has 2 saturated heterocycles. The van der Waals surface area contributed by atoms with Crippen LogP contribution in [0.15, 0.2) is 0 Å². The second-order valence-corrected chi connectivity index (χ2v) is 4.50. The van der Waals surface area contributed by atoms with Gasteiger partial charge in [0.25, 0.3) is 0 Å². The first-order chi connectivity index (χ1) is 5.36. The van der Waals surface area contributed by atoms with Crippen molar-refractivity contribution in [2.45, 2.75) is 6.04 Å². The predicted molar refractivity (Wildman–Crippen MR) is 51.8 cm³/mol. The summed E-state index contributed by atoms with van der Waals surface area (Å²) in [4.78, 5) is 2.54. The van der Waals surface area contributed by atoms with Gasteiger partial charge in [-0.05, 0) is 0 Å². The summed E-state index contributed by atoms with van der Waals surface area (Å²) in [6.45, 7) is 6.58. The Hall–Kier alpha value is 0.610. The van der Waals surface area contributed by atoms with Crippen LogP contribution >= 0.6 is 22.9 Å². The number of nitrogens with zero attached hydrogens (tertiary/aromatic N) is 2. The minimum Gasteiger partial charge on any atom is -0.378 e. The summed E-state index contributed by atoms with van der Waals surface area (Å²) in [5, 5.41) is 0. The van der Waals surface area contributed by atoms with Crippen LogP contribution < -0.4 is 0 Å². The quantitative estimate of drug-likeness (QED) is 0.466. The molecular weight excluding hydrogens is 255 g/mol. The molecule has 2 rings (SSSR count). The molecular formula is C7H13IN2O. The van der Waals surface area contributed by atoms with Crippen molar-refractivity contribution < 1.29 is 4.74 Å². The van der Waals surface area contributed by atoms with Crippen LogP contribution in [0.1, 0.15) is 0 Å². The average Bonchev–Trinajstić information content (AvgIpc) is 2.04. The zero-order valence-electron chi connectivity index (χ0n) is 6.50. The molecule has 2 aliphatic heterocycles. The summed E-state index contributed by atoms with van der Waals surface area (Å²) >= 11 is 2.40. The summed E-state index contributed by atoms with van der Waals surface area (Å²) < 4.78 is 7.77. The largest absolute Gasteiger partial charge is 0.378 e. The lowest BCUT2D eigenvalue weighted by Gasteiger charge is -2.41. The van der Waals surface area contributed by atoms with E-state index in [0.29, 0.717) is 6.04 Å². The molecule has 0 aliphatic carbocycles. The van der Waals surface area contributed by atoms with Crippen LogP contribution in [0.5, 0.6) is 0 Å². The fourth-order valence-electron chi connectivity index (χ4n) is 1.71. The molecule has 64 valence electrons. The molecule has 2 aliphatic rings. The molecule has 0 aromatic heterocycles. The molecule has 0 bridgehead atoms. The molecule has 4 heteroatoms. The Morgan fingerprint density at radius 2 is 2.18 bits per heavy atom.